The van der Waals surface area contributed by atoms with Gasteiger partial charge in [0.15, 0.2) is 0 Å². The van der Waals surface area contributed by atoms with Crippen LogP contribution in [0.4, 0.5) is 0 Å². The van der Waals surface area contributed by atoms with Crippen molar-refractivity contribution in [3.63, 3.8) is 0 Å². The fourth-order valence-corrected chi connectivity index (χ4v) is 6.38. The Morgan fingerprint density at radius 2 is 1.64 bits per heavy atom. The van der Waals surface area contributed by atoms with E-state index in [0.717, 1.165) is 15.6 Å². The smallest absolute Gasteiger partial charge is 0.301 e. The Kier molecular flexibility index (Phi) is 8.47. The topological polar surface area (TPSA) is 35.5 Å². The lowest BCUT2D eigenvalue weighted by Crippen LogP contribution is -1.97. The monoisotopic (exact) mass is 440 g/mol. The summed E-state index contributed by atoms with van der Waals surface area (Å²) in [5.74, 6) is 0. The third kappa shape index (κ3) is 6.76. The first-order valence-electron chi connectivity index (χ1n) is 8.12. The van der Waals surface area contributed by atoms with Crippen LogP contribution in [-0.4, -0.2) is 13.2 Å². The fourth-order valence-electron chi connectivity index (χ4n) is 2.18. The predicted octanol–water partition coefficient (Wildman–Crippen LogP) is 7.12. The summed E-state index contributed by atoms with van der Waals surface area (Å²) in [5.41, 5.74) is 2.13. The molecule has 0 aliphatic rings. The molecule has 0 saturated heterocycles. The van der Waals surface area contributed by atoms with E-state index in [-0.39, 0.29) is 5.25 Å². The Balaban J connectivity index is 2.29. The average Bonchev–Trinajstić information content (AvgIpc) is 2.61. The van der Waals surface area contributed by atoms with Crippen molar-refractivity contribution in [2.24, 2.45) is 0 Å². The molecule has 1 atom stereocenters. The van der Waals surface area contributed by atoms with E-state index in [2.05, 4.69) is 15.9 Å². The van der Waals surface area contributed by atoms with Gasteiger partial charge in [-0.25, -0.2) is 4.57 Å². The minimum absolute atomic E-state index is 0.141. The zero-order valence-electron chi connectivity index (χ0n) is 14.3. The van der Waals surface area contributed by atoms with Crippen LogP contribution >= 0.6 is 34.1 Å². The van der Waals surface area contributed by atoms with Crippen molar-refractivity contribution < 1.29 is 13.6 Å². The van der Waals surface area contributed by atoms with Gasteiger partial charge < -0.3 is 9.05 Å². The maximum Gasteiger partial charge on any atom is 0.390 e. The molecule has 134 valence electrons. The molecule has 0 aliphatic heterocycles. The van der Waals surface area contributed by atoms with Crippen molar-refractivity contribution in [1.29, 1.82) is 0 Å². The molecule has 2 rings (SSSR count). The quantitative estimate of drug-likeness (QED) is 0.388. The summed E-state index contributed by atoms with van der Waals surface area (Å²) >= 11 is 4.68. The normalized spacial score (nSPS) is 13.2. The summed E-state index contributed by atoms with van der Waals surface area (Å²) < 4.78 is 24.9. The van der Waals surface area contributed by atoms with E-state index in [4.69, 9.17) is 9.05 Å². The molecule has 1 unspecified atom stereocenters. The van der Waals surface area contributed by atoms with Crippen molar-refractivity contribution >= 4 is 40.2 Å². The summed E-state index contributed by atoms with van der Waals surface area (Å²) in [4.78, 5) is 0. The van der Waals surface area contributed by atoms with Gasteiger partial charge in [-0.3, -0.25) is 0 Å². The lowest BCUT2D eigenvalue weighted by Gasteiger charge is -2.21. The fraction of sp³-hybridized carbons (Fsp3) is 0.263. The highest BCUT2D eigenvalue weighted by atomic mass is 79.9. The highest BCUT2D eigenvalue weighted by Gasteiger charge is 2.29. The van der Waals surface area contributed by atoms with Gasteiger partial charge in [-0.1, -0.05) is 70.5 Å². The van der Waals surface area contributed by atoms with Gasteiger partial charge in [-0.2, -0.15) is 0 Å². The molecule has 0 fully saturated rings. The lowest BCUT2D eigenvalue weighted by molar-refractivity contribution is 0.237. The standard InChI is InChI=1S/C19H22BrO3PS/c1-3-22-24(21,23-4-2)25-19(17-11-13-18(20)14-12-17)15-10-16-8-6-5-7-9-16/h5-15,19H,3-4H2,1-2H3/b15-10+. The van der Waals surface area contributed by atoms with Crippen molar-refractivity contribution in [3.8, 4) is 0 Å². The predicted molar refractivity (Wildman–Crippen MR) is 111 cm³/mol. The summed E-state index contributed by atoms with van der Waals surface area (Å²) in [5, 5.41) is -0.141. The SMILES string of the molecule is CCOP(=O)(OCC)SC(/C=C/c1ccccc1)c1ccc(Br)cc1. The number of halogens is 1. The summed E-state index contributed by atoms with van der Waals surface area (Å²) in [7, 11) is 0. The summed E-state index contributed by atoms with van der Waals surface area (Å²) in [6.07, 6.45) is 4.07. The molecular weight excluding hydrogens is 419 g/mol. The van der Waals surface area contributed by atoms with Crippen LogP contribution in [0.1, 0.15) is 30.2 Å². The maximum atomic E-state index is 13.0. The molecule has 0 saturated carbocycles. The molecule has 0 radical (unpaired) electrons. The van der Waals surface area contributed by atoms with Crippen molar-refractivity contribution in [2.45, 2.75) is 19.1 Å². The first kappa shape index (κ1) is 20.5. The van der Waals surface area contributed by atoms with Gasteiger partial charge in [0.1, 0.15) is 0 Å². The van der Waals surface area contributed by atoms with Gasteiger partial charge in [-0.05, 0) is 48.5 Å². The molecule has 3 nitrogen and oxygen atoms in total. The minimum atomic E-state index is -3.22. The van der Waals surface area contributed by atoms with Crippen molar-refractivity contribution in [1.82, 2.24) is 0 Å². The van der Waals surface area contributed by atoms with Crippen molar-refractivity contribution in [2.75, 3.05) is 13.2 Å². The molecular formula is C19H22BrO3PS. The van der Waals surface area contributed by atoms with Gasteiger partial charge in [0.2, 0.25) is 0 Å². The third-order valence-corrected chi connectivity index (χ3v) is 7.96. The van der Waals surface area contributed by atoms with Crippen LogP contribution in [0.2, 0.25) is 0 Å². The molecule has 2 aromatic rings. The average molecular weight is 441 g/mol. The molecule has 2 aromatic carbocycles. The van der Waals surface area contributed by atoms with E-state index < -0.39 is 6.80 Å². The van der Waals surface area contributed by atoms with Crippen molar-refractivity contribution in [3.05, 3.63) is 76.3 Å². The first-order chi connectivity index (χ1) is 12.1. The molecule has 0 aromatic heterocycles. The van der Waals surface area contributed by atoms with E-state index in [1.54, 1.807) is 0 Å². The summed E-state index contributed by atoms with van der Waals surface area (Å²) in [6, 6.07) is 18.0. The second-order valence-corrected chi connectivity index (χ2v) is 10.1. The van der Waals surface area contributed by atoms with E-state index in [9.17, 15) is 4.57 Å². The van der Waals surface area contributed by atoms with Gasteiger partial charge >= 0.3 is 6.80 Å². The Morgan fingerprint density at radius 3 is 2.20 bits per heavy atom. The van der Waals surface area contributed by atoms with E-state index in [1.165, 1.54) is 11.4 Å². The van der Waals surface area contributed by atoms with Crippen LogP contribution in [0.5, 0.6) is 0 Å². The molecule has 0 heterocycles. The van der Waals surface area contributed by atoms with Crippen LogP contribution in [0.3, 0.4) is 0 Å². The van der Waals surface area contributed by atoms with Gasteiger partial charge in [0.25, 0.3) is 0 Å². The number of hydrogen-bond donors (Lipinski definition) is 0. The van der Waals surface area contributed by atoms with Crippen LogP contribution in [0.15, 0.2) is 65.1 Å². The van der Waals surface area contributed by atoms with Gasteiger partial charge in [0, 0.05) is 4.47 Å². The zero-order chi connectivity index (χ0) is 18.1. The molecule has 25 heavy (non-hydrogen) atoms. The van der Waals surface area contributed by atoms with Crippen LogP contribution < -0.4 is 0 Å². The highest BCUT2D eigenvalue weighted by molar-refractivity contribution is 9.10. The zero-order valence-corrected chi connectivity index (χ0v) is 17.6. The van der Waals surface area contributed by atoms with Gasteiger partial charge in [0.05, 0.1) is 18.5 Å². The Hall–Kier alpha value is -0.840. The molecule has 0 amide bonds. The van der Waals surface area contributed by atoms with Crippen LogP contribution in [-0.2, 0) is 13.6 Å². The number of benzene rings is 2. The van der Waals surface area contributed by atoms with E-state index in [1.807, 2.05) is 80.6 Å². The Labute approximate surface area is 162 Å². The maximum absolute atomic E-state index is 13.0. The largest absolute Gasteiger partial charge is 0.390 e. The summed E-state index contributed by atoms with van der Waals surface area (Å²) in [6.45, 7) is 1.11. The van der Waals surface area contributed by atoms with Crippen LogP contribution in [0, 0.1) is 0 Å². The third-order valence-electron chi connectivity index (χ3n) is 3.28. The minimum Gasteiger partial charge on any atom is -0.301 e. The number of hydrogen-bond acceptors (Lipinski definition) is 4. The second-order valence-electron chi connectivity index (χ2n) is 5.13. The van der Waals surface area contributed by atoms with Gasteiger partial charge in [-0.15, -0.1) is 0 Å². The molecule has 6 heteroatoms. The Bertz CT molecular complexity index is 709. The highest BCUT2D eigenvalue weighted by Crippen LogP contribution is 2.65. The Morgan fingerprint density at radius 1 is 1.04 bits per heavy atom. The first-order valence-corrected chi connectivity index (χ1v) is 11.9. The molecule has 0 N–H and O–H groups in total. The molecule has 0 aliphatic carbocycles. The molecule has 0 spiro atoms. The molecule has 0 bridgehead atoms. The lowest BCUT2D eigenvalue weighted by atomic mass is 10.1. The van der Waals surface area contributed by atoms with Crippen LogP contribution in [0.25, 0.3) is 6.08 Å². The van der Waals surface area contributed by atoms with E-state index in [0.29, 0.717) is 13.2 Å². The number of rotatable bonds is 9. The second kappa shape index (κ2) is 10.3. The van der Waals surface area contributed by atoms with E-state index >= 15 is 0 Å².